The zero-order chi connectivity index (χ0) is 13.7. The highest BCUT2D eigenvalue weighted by Gasteiger charge is 2.30. The van der Waals surface area contributed by atoms with Crippen LogP contribution in [0.1, 0.15) is 31.2 Å². The van der Waals surface area contributed by atoms with E-state index in [0.29, 0.717) is 26.1 Å². The van der Waals surface area contributed by atoms with Gasteiger partial charge in [-0.2, -0.15) is 0 Å². The van der Waals surface area contributed by atoms with E-state index in [9.17, 15) is 4.79 Å². The third-order valence-electron chi connectivity index (χ3n) is 3.43. The quantitative estimate of drug-likeness (QED) is 0.881. The number of para-hydroxylation sites is 1. The van der Waals surface area contributed by atoms with Gasteiger partial charge in [-0.3, -0.25) is 4.79 Å². The number of hydrogen-bond acceptors (Lipinski definition) is 3. The number of rotatable bonds is 5. The SMILES string of the molecule is CCCN(CCO)C(=O)C1CCOc2ccccc21. The molecule has 1 heterocycles. The van der Waals surface area contributed by atoms with Gasteiger partial charge in [0.05, 0.1) is 19.1 Å². The second-order valence-corrected chi connectivity index (χ2v) is 4.78. The molecule has 1 aliphatic heterocycles. The Morgan fingerprint density at radius 2 is 2.21 bits per heavy atom. The van der Waals surface area contributed by atoms with Crippen molar-refractivity contribution in [3.63, 3.8) is 0 Å². The molecule has 19 heavy (non-hydrogen) atoms. The summed E-state index contributed by atoms with van der Waals surface area (Å²) < 4.78 is 5.58. The molecule has 1 atom stereocenters. The van der Waals surface area contributed by atoms with Crippen molar-refractivity contribution < 1.29 is 14.6 Å². The van der Waals surface area contributed by atoms with Crippen molar-refractivity contribution in [3.8, 4) is 5.75 Å². The third-order valence-corrected chi connectivity index (χ3v) is 3.43. The van der Waals surface area contributed by atoms with Gasteiger partial charge in [0.2, 0.25) is 5.91 Å². The maximum Gasteiger partial charge on any atom is 0.230 e. The summed E-state index contributed by atoms with van der Waals surface area (Å²) in [5.74, 6) is 0.780. The first kappa shape index (κ1) is 13.9. The average molecular weight is 263 g/mol. The minimum Gasteiger partial charge on any atom is -0.493 e. The molecule has 1 amide bonds. The molecule has 1 N–H and O–H groups in total. The van der Waals surface area contributed by atoms with Crippen molar-refractivity contribution in [3.05, 3.63) is 29.8 Å². The van der Waals surface area contributed by atoms with E-state index in [-0.39, 0.29) is 18.4 Å². The molecule has 0 saturated heterocycles. The first-order valence-corrected chi connectivity index (χ1v) is 6.89. The van der Waals surface area contributed by atoms with Gasteiger partial charge in [0, 0.05) is 18.7 Å². The van der Waals surface area contributed by atoms with Crippen LogP contribution in [0.3, 0.4) is 0 Å². The van der Waals surface area contributed by atoms with Crippen LogP contribution in [0, 0.1) is 0 Å². The molecule has 0 fully saturated rings. The van der Waals surface area contributed by atoms with Gasteiger partial charge < -0.3 is 14.7 Å². The lowest BCUT2D eigenvalue weighted by molar-refractivity contribution is -0.134. The molecule has 1 aromatic carbocycles. The van der Waals surface area contributed by atoms with E-state index in [1.807, 2.05) is 31.2 Å². The summed E-state index contributed by atoms with van der Waals surface area (Å²) in [4.78, 5) is 14.4. The number of nitrogens with zero attached hydrogens (tertiary/aromatic N) is 1. The fraction of sp³-hybridized carbons (Fsp3) is 0.533. The summed E-state index contributed by atoms with van der Waals surface area (Å²) in [7, 11) is 0. The predicted molar refractivity (Wildman–Crippen MR) is 73.3 cm³/mol. The van der Waals surface area contributed by atoms with Gasteiger partial charge in [-0.1, -0.05) is 25.1 Å². The molecule has 0 bridgehead atoms. The third kappa shape index (κ3) is 3.07. The topological polar surface area (TPSA) is 49.8 Å². The van der Waals surface area contributed by atoms with Gasteiger partial charge in [-0.05, 0) is 18.9 Å². The van der Waals surface area contributed by atoms with E-state index in [4.69, 9.17) is 9.84 Å². The molecule has 1 aliphatic rings. The lowest BCUT2D eigenvalue weighted by atomic mass is 9.91. The van der Waals surface area contributed by atoms with E-state index in [0.717, 1.165) is 17.7 Å². The average Bonchev–Trinajstić information content (AvgIpc) is 2.46. The van der Waals surface area contributed by atoms with Crippen LogP contribution in [0.5, 0.6) is 5.75 Å². The Hall–Kier alpha value is -1.55. The van der Waals surface area contributed by atoms with Gasteiger partial charge in [-0.25, -0.2) is 0 Å². The van der Waals surface area contributed by atoms with Crippen LogP contribution in [0.25, 0.3) is 0 Å². The monoisotopic (exact) mass is 263 g/mol. The summed E-state index contributed by atoms with van der Waals surface area (Å²) in [5.41, 5.74) is 0.970. The summed E-state index contributed by atoms with van der Waals surface area (Å²) in [5, 5.41) is 9.09. The summed E-state index contributed by atoms with van der Waals surface area (Å²) >= 11 is 0. The van der Waals surface area contributed by atoms with Crippen molar-refractivity contribution in [1.29, 1.82) is 0 Å². The fourth-order valence-electron chi connectivity index (χ4n) is 2.54. The molecule has 2 rings (SSSR count). The van der Waals surface area contributed by atoms with Crippen LogP contribution < -0.4 is 4.74 Å². The Balaban J connectivity index is 2.19. The highest BCUT2D eigenvalue weighted by molar-refractivity contribution is 5.84. The highest BCUT2D eigenvalue weighted by atomic mass is 16.5. The van der Waals surface area contributed by atoms with Gasteiger partial charge in [-0.15, -0.1) is 0 Å². The Bertz CT molecular complexity index is 427. The normalized spacial score (nSPS) is 17.5. The maximum atomic E-state index is 12.6. The lowest BCUT2D eigenvalue weighted by Gasteiger charge is -2.30. The minimum absolute atomic E-state index is 0.0105. The molecule has 0 spiro atoms. The molecule has 0 aromatic heterocycles. The Kier molecular flexibility index (Phi) is 4.80. The van der Waals surface area contributed by atoms with E-state index in [2.05, 4.69) is 0 Å². The van der Waals surface area contributed by atoms with Gasteiger partial charge in [0.25, 0.3) is 0 Å². The summed E-state index contributed by atoms with van der Waals surface area (Å²) in [6.45, 7) is 3.73. The van der Waals surface area contributed by atoms with Gasteiger partial charge in [0.15, 0.2) is 0 Å². The zero-order valence-corrected chi connectivity index (χ0v) is 11.3. The molecule has 4 heteroatoms. The molecule has 0 aliphatic carbocycles. The van der Waals surface area contributed by atoms with Crippen molar-refractivity contribution in [2.24, 2.45) is 0 Å². The molecule has 1 unspecified atom stereocenters. The molecular weight excluding hydrogens is 242 g/mol. The zero-order valence-electron chi connectivity index (χ0n) is 11.3. The molecule has 0 saturated carbocycles. The van der Waals surface area contributed by atoms with Gasteiger partial charge in [0.1, 0.15) is 5.75 Å². The second kappa shape index (κ2) is 6.57. The molecule has 1 aromatic rings. The molecule has 4 nitrogen and oxygen atoms in total. The van der Waals surface area contributed by atoms with Crippen molar-refractivity contribution >= 4 is 5.91 Å². The number of hydrogen-bond donors (Lipinski definition) is 1. The van der Waals surface area contributed by atoms with Gasteiger partial charge >= 0.3 is 0 Å². The Morgan fingerprint density at radius 3 is 2.95 bits per heavy atom. The first-order valence-electron chi connectivity index (χ1n) is 6.89. The smallest absolute Gasteiger partial charge is 0.230 e. The van der Waals surface area contributed by atoms with Crippen LogP contribution in [-0.2, 0) is 4.79 Å². The number of carbonyl (C=O) groups excluding carboxylic acids is 1. The van der Waals surface area contributed by atoms with E-state index < -0.39 is 0 Å². The number of aliphatic hydroxyl groups is 1. The standard InChI is InChI=1S/C15H21NO3/c1-2-8-16(9-10-17)15(18)13-7-11-19-14-6-4-3-5-12(13)14/h3-6,13,17H,2,7-11H2,1H3. The van der Waals surface area contributed by atoms with Crippen molar-refractivity contribution in [1.82, 2.24) is 4.90 Å². The van der Waals surface area contributed by atoms with E-state index in [1.165, 1.54) is 0 Å². The first-order chi connectivity index (χ1) is 9.27. The second-order valence-electron chi connectivity index (χ2n) is 4.78. The van der Waals surface area contributed by atoms with Crippen molar-refractivity contribution in [2.45, 2.75) is 25.7 Å². The number of amides is 1. The van der Waals surface area contributed by atoms with E-state index in [1.54, 1.807) is 4.90 Å². The minimum atomic E-state index is -0.136. The van der Waals surface area contributed by atoms with Crippen LogP contribution in [0.15, 0.2) is 24.3 Å². The Labute approximate surface area is 114 Å². The maximum absolute atomic E-state index is 12.6. The largest absolute Gasteiger partial charge is 0.493 e. The Morgan fingerprint density at radius 1 is 1.42 bits per heavy atom. The number of benzene rings is 1. The summed E-state index contributed by atoms with van der Waals surface area (Å²) in [6, 6.07) is 7.72. The lowest BCUT2D eigenvalue weighted by Crippen LogP contribution is -2.39. The predicted octanol–water partition coefficient (Wildman–Crippen LogP) is 1.78. The van der Waals surface area contributed by atoms with Crippen LogP contribution >= 0.6 is 0 Å². The van der Waals surface area contributed by atoms with Crippen molar-refractivity contribution in [2.75, 3.05) is 26.3 Å². The van der Waals surface area contributed by atoms with Crippen LogP contribution in [-0.4, -0.2) is 42.2 Å². The van der Waals surface area contributed by atoms with E-state index >= 15 is 0 Å². The number of aliphatic hydroxyl groups excluding tert-OH is 1. The van der Waals surface area contributed by atoms with Crippen LogP contribution in [0.4, 0.5) is 0 Å². The number of ether oxygens (including phenoxy) is 1. The summed E-state index contributed by atoms with van der Waals surface area (Å²) in [6.07, 6.45) is 1.61. The number of carbonyl (C=O) groups is 1. The highest BCUT2D eigenvalue weighted by Crippen LogP contribution is 2.34. The molecule has 104 valence electrons. The fourth-order valence-corrected chi connectivity index (χ4v) is 2.54. The molecule has 0 radical (unpaired) electrons. The number of fused-ring (bicyclic) bond motifs is 1. The molecular formula is C15H21NO3. The van der Waals surface area contributed by atoms with Crippen LogP contribution in [0.2, 0.25) is 0 Å².